The van der Waals surface area contributed by atoms with E-state index in [1.165, 1.54) is 13.4 Å². The van der Waals surface area contributed by atoms with Crippen LogP contribution in [0.3, 0.4) is 0 Å². The molecule has 2 saturated carbocycles. The molecule has 4 aromatic rings. The lowest BCUT2D eigenvalue weighted by molar-refractivity contribution is -0.140. The van der Waals surface area contributed by atoms with Gasteiger partial charge in [0.1, 0.15) is 35.7 Å². The summed E-state index contributed by atoms with van der Waals surface area (Å²) in [7, 11) is 19.0. The van der Waals surface area contributed by atoms with Gasteiger partial charge in [0.05, 0.1) is 42.5 Å². The second kappa shape index (κ2) is 10.4. The molecular weight excluding hydrogens is 572 g/mol. The number of nitrogens with one attached hydrogen (secondary N) is 1. The molecule has 16 heteroatoms. The highest BCUT2D eigenvalue weighted by molar-refractivity contribution is 6.56. The van der Waals surface area contributed by atoms with E-state index in [1.807, 2.05) is 0 Å². The van der Waals surface area contributed by atoms with Crippen molar-refractivity contribution in [3.05, 3.63) is 53.9 Å². The zero-order valence-corrected chi connectivity index (χ0v) is 23.5. The highest BCUT2D eigenvalue weighted by Gasteiger charge is 2.39. The number of imidazole rings is 1. The standard InChI is InChI=1S/C28H23B3F3N7O3/c1-42-19-10-36-24-21-22(13-2-3-13)37-12-38-26(21)44-17-7-6-16(17)43-18-8-14(4-5-15(18)9-35-23(19)40-24)25-39-20(27(32,33)34)11-41(25)28(29,30)31/h4-5,8,10-13,16-17H,2-3,6-7,9H2,1H3,(H,35,36,40). The Balaban J connectivity index is 1.32. The third-order valence-electron chi connectivity index (χ3n) is 7.88. The molecular formula is C28H23B3F3N7O3. The second-order valence-corrected chi connectivity index (χ2v) is 11.1. The zero-order valence-electron chi connectivity index (χ0n) is 23.5. The maximum atomic E-state index is 13.6. The lowest BCUT2D eigenvalue weighted by Gasteiger charge is -2.37. The van der Waals surface area contributed by atoms with E-state index in [-0.39, 0.29) is 36.1 Å². The second-order valence-electron chi connectivity index (χ2n) is 11.1. The fraction of sp³-hybridized carbons (Fsp3) is 0.393. The molecule has 2 unspecified atom stereocenters. The van der Waals surface area contributed by atoms with Crippen molar-refractivity contribution >= 4 is 29.4 Å². The molecule has 10 nitrogen and oxygen atoms in total. The summed E-state index contributed by atoms with van der Waals surface area (Å²) in [5.74, 6) is 2.06. The maximum Gasteiger partial charge on any atom is 0.434 e. The number of hydrogen-bond donors (Lipinski definition) is 1. The molecule has 4 heterocycles. The first-order chi connectivity index (χ1) is 21.0. The van der Waals surface area contributed by atoms with Crippen LogP contribution in [0.15, 0.2) is 36.9 Å². The number of rotatable bonds is 4. The molecule has 3 aliphatic rings. The molecule has 0 amide bonds. The van der Waals surface area contributed by atoms with E-state index >= 15 is 0 Å². The molecule has 0 spiro atoms. The quantitative estimate of drug-likeness (QED) is 0.354. The number of anilines is 1. The molecule has 0 saturated heterocycles. The van der Waals surface area contributed by atoms with Gasteiger partial charge in [-0.3, -0.25) is 0 Å². The smallest absolute Gasteiger partial charge is 0.434 e. The third-order valence-corrected chi connectivity index (χ3v) is 7.88. The summed E-state index contributed by atoms with van der Waals surface area (Å²) in [5.41, 5.74) is 1.22. The first-order valence-corrected chi connectivity index (χ1v) is 14.0. The Morgan fingerprint density at radius 2 is 1.77 bits per heavy atom. The highest BCUT2D eigenvalue weighted by Crippen LogP contribution is 2.46. The molecule has 2 aliphatic carbocycles. The Bertz CT molecular complexity index is 1740. The minimum atomic E-state index is -4.74. The predicted molar refractivity (Wildman–Crippen MR) is 155 cm³/mol. The van der Waals surface area contributed by atoms with Gasteiger partial charge in [-0.05, 0) is 31.7 Å². The van der Waals surface area contributed by atoms with E-state index in [0.717, 1.165) is 23.1 Å². The van der Waals surface area contributed by atoms with Crippen molar-refractivity contribution in [2.24, 2.45) is 0 Å². The average Bonchev–Trinajstić information content (AvgIpc) is 3.71. The maximum absolute atomic E-state index is 13.6. The van der Waals surface area contributed by atoms with Crippen LogP contribution in [0.5, 0.6) is 17.4 Å². The van der Waals surface area contributed by atoms with Crippen molar-refractivity contribution in [1.82, 2.24) is 29.5 Å². The first kappa shape index (κ1) is 28.5. The van der Waals surface area contributed by atoms with E-state index in [4.69, 9.17) is 42.7 Å². The molecule has 1 aromatic carbocycles. The first-order valence-electron chi connectivity index (χ1n) is 14.0. The minimum Gasteiger partial charge on any atom is -0.491 e. The molecule has 218 valence electrons. The summed E-state index contributed by atoms with van der Waals surface area (Å²) in [6, 6.07) is 4.89. The minimum absolute atomic E-state index is 0.172. The van der Waals surface area contributed by atoms with Crippen molar-refractivity contribution in [3.63, 3.8) is 0 Å². The monoisotopic (exact) mass is 595 g/mol. The number of benzene rings is 1. The number of ether oxygens (including phenoxy) is 3. The largest absolute Gasteiger partial charge is 0.491 e. The number of methoxy groups -OCH3 is 1. The Kier molecular flexibility index (Phi) is 6.78. The molecule has 7 rings (SSSR count). The Morgan fingerprint density at radius 1 is 1.00 bits per heavy atom. The van der Waals surface area contributed by atoms with Crippen molar-refractivity contribution in [2.45, 2.75) is 61.8 Å². The lowest BCUT2D eigenvalue weighted by atomic mass is 9.49. The van der Waals surface area contributed by atoms with Crippen molar-refractivity contribution < 1.29 is 27.4 Å². The number of hydrogen-bond acceptors (Lipinski definition) is 9. The summed E-state index contributed by atoms with van der Waals surface area (Å²) in [6.45, 7) is 0.227. The molecule has 1 aliphatic heterocycles. The number of fused-ring (bicyclic) bond motifs is 6. The van der Waals surface area contributed by atoms with Gasteiger partial charge in [0.2, 0.25) is 5.88 Å². The lowest BCUT2D eigenvalue weighted by Crippen LogP contribution is -2.45. The van der Waals surface area contributed by atoms with Crippen LogP contribution in [0, 0.1) is 0 Å². The summed E-state index contributed by atoms with van der Waals surface area (Å²) in [6.07, 6.45) is 1.63. The van der Waals surface area contributed by atoms with Crippen LogP contribution in [-0.2, 0) is 18.0 Å². The highest BCUT2D eigenvalue weighted by atomic mass is 19.4. The number of halogens is 3. The van der Waals surface area contributed by atoms with Gasteiger partial charge in [0, 0.05) is 29.8 Å². The predicted octanol–water partition coefficient (Wildman–Crippen LogP) is 3.69. The molecule has 2 fully saturated rings. The molecule has 1 N–H and O–H groups in total. The fourth-order valence-corrected chi connectivity index (χ4v) is 5.27. The van der Waals surface area contributed by atoms with Crippen molar-refractivity contribution in [3.8, 4) is 40.2 Å². The van der Waals surface area contributed by atoms with Crippen molar-refractivity contribution in [2.75, 3.05) is 12.4 Å². The SMILES string of the molecule is [B]C([B])([B])n1cc(C(F)(F)F)nc1-c1ccc2c(c1)OC1CCC1Oc1ncnc(C3CC3)c1-c1ncc(OC)c(n1)NC2. The van der Waals surface area contributed by atoms with E-state index in [1.54, 1.807) is 24.4 Å². The van der Waals surface area contributed by atoms with E-state index in [0.29, 0.717) is 59.2 Å². The Labute approximate surface area is 254 Å². The summed E-state index contributed by atoms with van der Waals surface area (Å²) < 4.78 is 60.1. The van der Waals surface area contributed by atoms with Gasteiger partial charge in [-0.25, -0.2) is 24.9 Å². The van der Waals surface area contributed by atoms with Crippen LogP contribution in [0.25, 0.3) is 22.8 Å². The number of aromatic nitrogens is 6. The summed E-state index contributed by atoms with van der Waals surface area (Å²) >= 11 is 0. The zero-order chi connectivity index (χ0) is 30.8. The van der Waals surface area contributed by atoms with Crippen LogP contribution in [0.1, 0.15) is 48.6 Å². The van der Waals surface area contributed by atoms with E-state index in [2.05, 4.69) is 25.3 Å². The summed E-state index contributed by atoms with van der Waals surface area (Å²) in [4.78, 5) is 22.1. The summed E-state index contributed by atoms with van der Waals surface area (Å²) in [5, 5.41) is 1.14. The van der Waals surface area contributed by atoms with Crippen LogP contribution >= 0.6 is 0 Å². The molecule has 3 aromatic heterocycles. The Hall–Kier alpha value is -4.23. The van der Waals surface area contributed by atoms with Gasteiger partial charge in [-0.2, -0.15) is 13.2 Å². The van der Waals surface area contributed by atoms with Gasteiger partial charge in [0.25, 0.3) is 0 Å². The average molecular weight is 595 g/mol. The van der Waals surface area contributed by atoms with Gasteiger partial charge in [-0.1, -0.05) is 17.4 Å². The van der Waals surface area contributed by atoms with Crippen LogP contribution < -0.4 is 19.5 Å². The molecule has 2 atom stereocenters. The van der Waals surface area contributed by atoms with Gasteiger partial charge < -0.3 is 24.1 Å². The van der Waals surface area contributed by atoms with E-state index in [9.17, 15) is 13.2 Å². The van der Waals surface area contributed by atoms with Crippen LogP contribution in [0.4, 0.5) is 19.0 Å². The van der Waals surface area contributed by atoms with Gasteiger partial charge >= 0.3 is 6.18 Å². The van der Waals surface area contributed by atoms with Crippen LogP contribution in [0.2, 0.25) is 0 Å². The third kappa shape index (κ3) is 5.24. The molecule has 6 radical (unpaired) electrons. The normalized spacial score (nSPS) is 19.6. The van der Waals surface area contributed by atoms with Crippen LogP contribution in [-0.4, -0.2) is 72.3 Å². The topological polar surface area (TPSA) is 109 Å². The molecule has 2 bridgehead atoms. The van der Waals surface area contributed by atoms with Gasteiger partial charge in [-0.15, -0.1) is 0 Å². The number of nitrogens with zero attached hydrogens (tertiary/aromatic N) is 6. The fourth-order valence-electron chi connectivity index (χ4n) is 5.27. The molecule has 44 heavy (non-hydrogen) atoms. The Morgan fingerprint density at radius 3 is 2.45 bits per heavy atom. The van der Waals surface area contributed by atoms with Gasteiger partial charge in [0.15, 0.2) is 23.1 Å². The van der Waals surface area contributed by atoms with Crippen molar-refractivity contribution in [1.29, 1.82) is 0 Å². The number of alkyl halides is 3. The van der Waals surface area contributed by atoms with E-state index < -0.39 is 17.1 Å².